The van der Waals surface area contributed by atoms with Crippen LogP contribution in [-0.4, -0.2) is 18.4 Å². The van der Waals surface area contributed by atoms with E-state index in [1.807, 2.05) is 12.1 Å². The first-order chi connectivity index (χ1) is 7.22. The Balaban J connectivity index is 2.17. The highest BCUT2D eigenvalue weighted by Gasteiger charge is 2.27. The molecule has 0 saturated heterocycles. The fraction of sp³-hybridized carbons (Fsp3) is 0.462. The van der Waals surface area contributed by atoms with Gasteiger partial charge in [0.15, 0.2) is 5.78 Å². The largest absolute Gasteiger partial charge is 0.369 e. The first-order valence-corrected chi connectivity index (χ1v) is 5.60. The van der Waals surface area contributed by atoms with Gasteiger partial charge in [-0.3, -0.25) is 4.79 Å². The molecule has 1 aliphatic rings. The van der Waals surface area contributed by atoms with Gasteiger partial charge < -0.3 is 4.90 Å². The molecular weight excluding hydrogens is 186 g/mol. The van der Waals surface area contributed by atoms with E-state index in [4.69, 9.17) is 0 Å². The Morgan fingerprint density at radius 2 is 1.93 bits per heavy atom. The van der Waals surface area contributed by atoms with Crippen LogP contribution in [-0.2, 0) is 0 Å². The second-order valence-corrected chi connectivity index (χ2v) is 4.12. The Hall–Kier alpha value is -1.31. The molecule has 1 fully saturated rings. The van der Waals surface area contributed by atoms with Gasteiger partial charge in [-0.2, -0.15) is 0 Å². The van der Waals surface area contributed by atoms with E-state index in [9.17, 15) is 4.79 Å². The highest BCUT2D eigenvalue weighted by atomic mass is 16.1. The normalized spacial score (nSPS) is 15.1. The van der Waals surface area contributed by atoms with Gasteiger partial charge in [0, 0.05) is 23.8 Å². The molecule has 2 heteroatoms. The smallest absolute Gasteiger partial charge is 0.159 e. The zero-order valence-electron chi connectivity index (χ0n) is 9.36. The fourth-order valence-electron chi connectivity index (χ4n) is 1.93. The zero-order chi connectivity index (χ0) is 10.8. The van der Waals surface area contributed by atoms with Crippen molar-refractivity contribution >= 4 is 11.5 Å². The number of rotatable bonds is 4. The lowest BCUT2D eigenvalue weighted by Gasteiger charge is -2.22. The van der Waals surface area contributed by atoms with Gasteiger partial charge in [-0.15, -0.1) is 0 Å². The molecule has 0 unspecified atom stereocenters. The van der Waals surface area contributed by atoms with E-state index in [1.54, 1.807) is 6.92 Å². The van der Waals surface area contributed by atoms with E-state index in [0.717, 1.165) is 18.2 Å². The molecule has 2 nitrogen and oxygen atoms in total. The SMILES string of the molecule is CCN(c1ccc(C(C)=O)cc1)C1CC1. The predicted octanol–water partition coefficient (Wildman–Crippen LogP) is 2.88. The average molecular weight is 203 g/mol. The van der Waals surface area contributed by atoms with Crippen molar-refractivity contribution in [2.45, 2.75) is 32.7 Å². The third kappa shape index (κ3) is 2.20. The van der Waals surface area contributed by atoms with Crippen molar-refractivity contribution in [3.63, 3.8) is 0 Å². The summed E-state index contributed by atoms with van der Waals surface area (Å²) >= 11 is 0. The summed E-state index contributed by atoms with van der Waals surface area (Å²) in [7, 11) is 0. The minimum atomic E-state index is 0.135. The van der Waals surface area contributed by atoms with Gasteiger partial charge in [0.05, 0.1) is 0 Å². The number of carbonyl (C=O) groups excluding carboxylic acids is 1. The van der Waals surface area contributed by atoms with Crippen LogP contribution in [0.15, 0.2) is 24.3 Å². The van der Waals surface area contributed by atoms with Crippen LogP contribution in [0.3, 0.4) is 0 Å². The molecule has 80 valence electrons. The van der Waals surface area contributed by atoms with Gasteiger partial charge in [0.1, 0.15) is 0 Å². The van der Waals surface area contributed by atoms with E-state index >= 15 is 0 Å². The molecule has 1 aromatic rings. The van der Waals surface area contributed by atoms with Crippen LogP contribution in [0.1, 0.15) is 37.0 Å². The van der Waals surface area contributed by atoms with Gasteiger partial charge in [-0.25, -0.2) is 0 Å². The molecule has 0 radical (unpaired) electrons. The molecule has 1 saturated carbocycles. The monoisotopic (exact) mass is 203 g/mol. The van der Waals surface area contributed by atoms with Crippen LogP contribution in [0.4, 0.5) is 5.69 Å². The molecule has 0 bridgehead atoms. The van der Waals surface area contributed by atoms with Crippen molar-refractivity contribution < 1.29 is 4.79 Å². The summed E-state index contributed by atoms with van der Waals surface area (Å²) < 4.78 is 0. The topological polar surface area (TPSA) is 20.3 Å². The highest BCUT2D eigenvalue weighted by molar-refractivity contribution is 5.94. The molecule has 1 aromatic carbocycles. The van der Waals surface area contributed by atoms with E-state index in [2.05, 4.69) is 24.0 Å². The average Bonchev–Trinajstić information content (AvgIpc) is 3.04. The lowest BCUT2D eigenvalue weighted by atomic mass is 10.1. The van der Waals surface area contributed by atoms with Crippen molar-refractivity contribution in [3.05, 3.63) is 29.8 Å². The first-order valence-electron chi connectivity index (χ1n) is 5.60. The Kier molecular flexibility index (Phi) is 2.76. The van der Waals surface area contributed by atoms with E-state index in [0.29, 0.717) is 0 Å². The summed E-state index contributed by atoms with van der Waals surface area (Å²) in [6.45, 7) is 4.83. The quantitative estimate of drug-likeness (QED) is 0.701. The number of anilines is 1. The van der Waals surface area contributed by atoms with E-state index in [1.165, 1.54) is 18.5 Å². The summed E-state index contributed by atoms with van der Waals surface area (Å²) in [6, 6.07) is 8.68. The Bertz CT molecular complexity index is 351. The van der Waals surface area contributed by atoms with Crippen LogP contribution in [0.2, 0.25) is 0 Å². The highest BCUT2D eigenvalue weighted by Crippen LogP contribution is 2.31. The third-order valence-corrected chi connectivity index (χ3v) is 2.93. The van der Waals surface area contributed by atoms with Crippen LogP contribution >= 0.6 is 0 Å². The van der Waals surface area contributed by atoms with Gasteiger partial charge in [-0.1, -0.05) is 0 Å². The molecule has 1 aliphatic carbocycles. The molecule has 0 N–H and O–H groups in total. The molecule has 0 amide bonds. The number of hydrogen-bond donors (Lipinski definition) is 0. The molecule has 0 aliphatic heterocycles. The van der Waals surface area contributed by atoms with Crippen molar-refractivity contribution in [3.8, 4) is 0 Å². The number of nitrogens with zero attached hydrogens (tertiary/aromatic N) is 1. The fourth-order valence-corrected chi connectivity index (χ4v) is 1.93. The Labute approximate surface area is 90.9 Å². The maximum absolute atomic E-state index is 11.1. The molecule has 15 heavy (non-hydrogen) atoms. The second kappa shape index (κ2) is 4.05. The number of ketones is 1. The summed E-state index contributed by atoms with van der Waals surface area (Å²) in [5, 5.41) is 0. The number of carbonyl (C=O) groups is 1. The predicted molar refractivity (Wildman–Crippen MR) is 62.5 cm³/mol. The summed E-state index contributed by atoms with van der Waals surface area (Å²) in [5.41, 5.74) is 2.04. The van der Waals surface area contributed by atoms with Crippen LogP contribution < -0.4 is 4.90 Å². The lowest BCUT2D eigenvalue weighted by molar-refractivity contribution is 0.101. The summed E-state index contributed by atoms with van der Waals surface area (Å²) in [4.78, 5) is 13.5. The lowest BCUT2D eigenvalue weighted by Crippen LogP contribution is -2.24. The van der Waals surface area contributed by atoms with E-state index < -0.39 is 0 Å². The summed E-state index contributed by atoms with van der Waals surface area (Å²) in [6.07, 6.45) is 2.62. The number of hydrogen-bond acceptors (Lipinski definition) is 2. The van der Waals surface area contributed by atoms with Crippen molar-refractivity contribution in [2.75, 3.05) is 11.4 Å². The van der Waals surface area contributed by atoms with Crippen LogP contribution in [0, 0.1) is 0 Å². The third-order valence-electron chi connectivity index (χ3n) is 2.93. The van der Waals surface area contributed by atoms with Gasteiger partial charge >= 0.3 is 0 Å². The van der Waals surface area contributed by atoms with Gasteiger partial charge in [-0.05, 0) is 51.0 Å². The standard InChI is InChI=1S/C13H17NO/c1-3-14(13-8-9-13)12-6-4-11(5-7-12)10(2)15/h4-7,13H,3,8-9H2,1-2H3. The maximum atomic E-state index is 11.1. The maximum Gasteiger partial charge on any atom is 0.159 e. The first kappa shape index (κ1) is 10.2. The molecular formula is C13H17NO. The van der Waals surface area contributed by atoms with Crippen LogP contribution in [0.25, 0.3) is 0 Å². The Morgan fingerprint density at radius 1 is 1.33 bits per heavy atom. The number of benzene rings is 1. The number of Topliss-reactive ketones (excluding diaryl/α,β-unsaturated/α-hetero) is 1. The summed E-state index contributed by atoms with van der Waals surface area (Å²) in [5.74, 6) is 0.135. The molecule has 0 aromatic heterocycles. The molecule has 0 atom stereocenters. The molecule has 0 heterocycles. The van der Waals surface area contributed by atoms with E-state index in [-0.39, 0.29) is 5.78 Å². The molecule has 2 rings (SSSR count). The van der Waals surface area contributed by atoms with Gasteiger partial charge in [0.25, 0.3) is 0 Å². The minimum Gasteiger partial charge on any atom is -0.369 e. The van der Waals surface area contributed by atoms with Crippen molar-refractivity contribution in [1.82, 2.24) is 0 Å². The Morgan fingerprint density at radius 3 is 2.33 bits per heavy atom. The van der Waals surface area contributed by atoms with Crippen molar-refractivity contribution in [1.29, 1.82) is 0 Å². The van der Waals surface area contributed by atoms with Crippen LogP contribution in [0.5, 0.6) is 0 Å². The minimum absolute atomic E-state index is 0.135. The zero-order valence-corrected chi connectivity index (χ0v) is 9.36. The second-order valence-electron chi connectivity index (χ2n) is 4.12. The van der Waals surface area contributed by atoms with Gasteiger partial charge in [0.2, 0.25) is 0 Å². The molecule has 0 spiro atoms. The van der Waals surface area contributed by atoms with Crippen molar-refractivity contribution in [2.24, 2.45) is 0 Å².